The molecule has 1 aromatic carbocycles. The molecule has 0 aliphatic heterocycles. The number of para-hydroxylation sites is 1. The number of carbonyl (C=O) groups excluding carboxylic acids is 1. The van der Waals surface area contributed by atoms with Crippen LogP contribution in [0.15, 0.2) is 55.1 Å². The zero-order valence-electron chi connectivity index (χ0n) is 12.4. The van der Waals surface area contributed by atoms with Crippen molar-refractivity contribution < 1.29 is 9.53 Å². The second-order valence-corrected chi connectivity index (χ2v) is 5.00. The molecule has 0 amide bonds. The van der Waals surface area contributed by atoms with E-state index in [0.29, 0.717) is 5.56 Å². The smallest absolute Gasteiger partial charge is 0.341 e. The van der Waals surface area contributed by atoms with Gasteiger partial charge in [0.15, 0.2) is 0 Å². The van der Waals surface area contributed by atoms with E-state index in [9.17, 15) is 4.79 Å². The monoisotopic (exact) mass is 296 g/mol. The molecule has 3 aromatic rings. The third kappa shape index (κ3) is 2.90. The van der Waals surface area contributed by atoms with E-state index in [1.807, 2.05) is 43.5 Å². The first-order valence-corrected chi connectivity index (χ1v) is 6.93. The van der Waals surface area contributed by atoms with Crippen LogP contribution in [-0.4, -0.2) is 25.5 Å². The summed E-state index contributed by atoms with van der Waals surface area (Å²) in [6.07, 6.45) is 6.29. The molecule has 0 N–H and O–H groups in total. The molecule has 0 saturated heterocycles. The van der Waals surface area contributed by atoms with Crippen LogP contribution in [0.2, 0.25) is 0 Å². The van der Waals surface area contributed by atoms with Crippen molar-refractivity contribution in [2.45, 2.75) is 13.0 Å². The third-order valence-corrected chi connectivity index (χ3v) is 3.32. The second kappa shape index (κ2) is 5.85. The van der Waals surface area contributed by atoms with Gasteiger partial charge in [0.2, 0.25) is 0 Å². The molecule has 0 unspecified atom stereocenters. The molecule has 1 atom stereocenters. The predicted octanol–water partition coefficient (Wildman–Crippen LogP) is 2.52. The fraction of sp³-hybridized carbons (Fsp3) is 0.188. The van der Waals surface area contributed by atoms with Crippen LogP contribution < -0.4 is 0 Å². The maximum atomic E-state index is 12.0. The lowest BCUT2D eigenvalue weighted by atomic mass is 10.2. The summed E-state index contributed by atoms with van der Waals surface area (Å²) >= 11 is 0. The number of ether oxygens (including phenoxy) is 1. The van der Waals surface area contributed by atoms with E-state index < -0.39 is 5.97 Å². The number of benzene rings is 1. The molecule has 0 bridgehead atoms. The minimum atomic E-state index is -0.395. The van der Waals surface area contributed by atoms with Crippen LogP contribution in [0.3, 0.4) is 0 Å². The quantitative estimate of drug-likeness (QED) is 0.694. The van der Waals surface area contributed by atoms with Crippen LogP contribution in [0.4, 0.5) is 0 Å². The summed E-state index contributed by atoms with van der Waals surface area (Å²) in [5.41, 5.74) is 2.23. The van der Waals surface area contributed by atoms with Gasteiger partial charge in [-0.05, 0) is 19.1 Å². The molecule has 6 nitrogen and oxygen atoms in total. The van der Waals surface area contributed by atoms with Crippen LogP contribution in [0.25, 0.3) is 5.69 Å². The van der Waals surface area contributed by atoms with Crippen molar-refractivity contribution >= 4 is 5.97 Å². The number of aryl methyl sites for hydroxylation is 1. The van der Waals surface area contributed by atoms with Crippen LogP contribution in [0.1, 0.15) is 28.9 Å². The Labute approximate surface area is 127 Å². The molecular formula is C16H16N4O2. The van der Waals surface area contributed by atoms with Crippen LogP contribution >= 0.6 is 0 Å². The Morgan fingerprint density at radius 2 is 1.91 bits per heavy atom. The predicted molar refractivity (Wildman–Crippen MR) is 80.6 cm³/mol. The lowest BCUT2D eigenvalue weighted by molar-refractivity contribution is 0.0338. The Hall–Kier alpha value is -2.89. The van der Waals surface area contributed by atoms with E-state index in [0.717, 1.165) is 11.3 Å². The molecular weight excluding hydrogens is 280 g/mol. The molecule has 0 spiro atoms. The largest absolute Gasteiger partial charge is 0.454 e. The number of esters is 1. The minimum absolute atomic E-state index is 0.384. The van der Waals surface area contributed by atoms with Crippen molar-refractivity contribution in [3.63, 3.8) is 0 Å². The standard InChI is InChI=1S/C16H16N4O2/c1-12(22-16(21)14-9-17-19(2)10-14)13-8-18-20(11-13)15-6-4-3-5-7-15/h3-12H,1-2H3/t12-/m0/s1. The zero-order valence-corrected chi connectivity index (χ0v) is 12.4. The molecule has 6 heteroatoms. The maximum Gasteiger partial charge on any atom is 0.341 e. The Kier molecular flexibility index (Phi) is 3.74. The van der Waals surface area contributed by atoms with Crippen molar-refractivity contribution in [2.75, 3.05) is 0 Å². The molecule has 0 saturated carbocycles. The molecule has 2 heterocycles. The van der Waals surface area contributed by atoms with Gasteiger partial charge in [0.05, 0.1) is 23.6 Å². The van der Waals surface area contributed by atoms with E-state index in [2.05, 4.69) is 10.2 Å². The number of rotatable bonds is 4. The number of aromatic nitrogens is 4. The average Bonchev–Trinajstić information content (AvgIpc) is 3.17. The highest BCUT2D eigenvalue weighted by Crippen LogP contribution is 2.19. The maximum absolute atomic E-state index is 12.0. The lowest BCUT2D eigenvalue weighted by Crippen LogP contribution is -2.08. The van der Waals surface area contributed by atoms with Gasteiger partial charge in [-0.1, -0.05) is 18.2 Å². The summed E-state index contributed by atoms with van der Waals surface area (Å²) in [5, 5.41) is 8.26. The van der Waals surface area contributed by atoms with E-state index in [1.165, 1.54) is 6.20 Å². The molecule has 112 valence electrons. The summed E-state index contributed by atoms with van der Waals surface area (Å²) in [6, 6.07) is 9.77. The van der Waals surface area contributed by atoms with Crippen LogP contribution in [0, 0.1) is 0 Å². The molecule has 0 fully saturated rings. The van der Waals surface area contributed by atoms with Gasteiger partial charge < -0.3 is 4.74 Å². The summed E-state index contributed by atoms with van der Waals surface area (Å²) < 4.78 is 8.76. The van der Waals surface area contributed by atoms with Crippen molar-refractivity contribution in [1.29, 1.82) is 0 Å². The molecule has 0 aliphatic carbocycles. The highest BCUT2D eigenvalue weighted by atomic mass is 16.5. The van der Waals surface area contributed by atoms with E-state index in [-0.39, 0.29) is 6.10 Å². The summed E-state index contributed by atoms with van der Waals surface area (Å²) in [5.74, 6) is -0.395. The van der Waals surface area contributed by atoms with Gasteiger partial charge >= 0.3 is 5.97 Å². The molecule has 2 aromatic heterocycles. The van der Waals surface area contributed by atoms with E-state index in [4.69, 9.17) is 4.74 Å². The van der Waals surface area contributed by atoms with Gasteiger partial charge in [-0.2, -0.15) is 10.2 Å². The number of nitrogens with zero attached hydrogens (tertiary/aromatic N) is 4. The highest BCUT2D eigenvalue weighted by Gasteiger charge is 2.16. The van der Waals surface area contributed by atoms with Crippen molar-refractivity contribution in [3.8, 4) is 5.69 Å². The topological polar surface area (TPSA) is 61.9 Å². The van der Waals surface area contributed by atoms with Gasteiger partial charge in [0.25, 0.3) is 0 Å². The summed E-state index contributed by atoms with van der Waals surface area (Å²) in [7, 11) is 1.75. The molecule has 0 radical (unpaired) electrons. The Morgan fingerprint density at radius 3 is 2.59 bits per heavy atom. The second-order valence-electron chi connectivity index (χ2n) is 5.00. The normalized spacial score (nSPS) is 12.1. The van der Waals surface area contributed by atoms with Gasteiger partial charge in [-0.15, -0.1) is 0 Å². The van der Waals surface area contributed by atoms with Gasteiger partial charge in [-0.3, -0.25) is 4.68 Å². The fourth-order valence-corrected chi connectivity index (χ4v) is 2.09. The van der Waals surface area contributed by atoms with Crippen LogP contribution in [-0.2, 0) is 11.8 Å². The van der Waals surface area contributed by atoms with E-state index in [1.54, 1.807) is 28.8 Å². The molecule has 3 rings (SSSR count). The van der Waals surface area contributed by atoms with Crippen molar-refractivity contribution in [2.24, 2.45) is 7.05 Å². The molecule has 22 heavy (non-hydrogen) atoms. The highest BCUT2D eigenvalue weighted by molar-refractivity contribution is 5.88. The Balaban J connectivity index is 1.72. The van der Waals surface area contributed by atoms with Crippen LogP contribution in [0.5, 0.6) is 0 Å². The van der Waals surface area contributed by atoms with E-state index >= 15 is 0 Å². The number of hydrogen-bond acceptors (Lipinski definition) is 4. The first-order chi connectivity index (χ1) is 10.6. The average molecular weight is 296 g/mol. The first kappa shape index (κ1) is 14.1. The molecule has 0 aliphatic rings. The minimum Gasteiger partial charge on any atom is -0.454 e. The van der Waals surface area contributed by atoms with Crippen molar-refractivity contribution in [1.82, 2.24) is 19.6 Å². The first-order valence-electron chi connectivity index (χ1n) is 6.93. The van der Waals surface area contributed by atoms with Gasteiger partial charge in [0.1, 0.15) is 6.10 Å². The Morgan fingerprint density at radius 1 is 1.14 bits per heavy atom. The zero-order chi connectivity index (χ0) is 15.5. The SMILES string of the molecule is C[C@H](OC(=O)c1cnn(C)c1)c1cnn(-c2ccccc2)c1. The summed E-state index contributed by atoms with van der Waals surface area (Å²) in [4.78, 5) is 12.0. The number of hydrogen-bond donors (Lipinski definition) is 0. The van der Waals surface area contributed by atoms with Gasteiger partial charge in [-0.25, -0.2) is 9.48 Å². The van der Waals surface area contributed by atoms with Gasteiger partial charge in [0, 0.05) is 25.0 Å². The lowest BCUT2D eigenvalue weighted by Gasteiger charge is -2.10. The van der Waals surface area contributed by atoms with Crippen molar-refractivity contribution in [3.05, 3.63) is 66.2 Å². The fourth-order valence-electron chi connectivity index (χ4n) is 2.09. The summed E-state index contributed by atoms with van der Waals surface area (Å²) in [6.45, 7) is 1.82. The third-order valence-electron chi connectivity index (χ3n) is 3.32. The number of carbonyl (C=O) groups is 1. The Bertz CT molecular complexity index is 776.